The van der Waals surface area contributed by atoms with Crippen LogP contribution in [-0.4, -0.2) is 65.0 Å². The van der Waals surface area contributed by atoms with E-state index in [1.165, 1.54) is 0 Å². The summed E-state index contributed by atoms with van der Waals surface area (Å²) in [6.07, 6.45) is 5.26. The summed E-state index contributed by atoms with van der Waals surface area (Å²) < 4.78 is 0. The number of thiazole rings is 1. The predicted molar refractivity (Wildman–Crippen MR) is 95.7 cm³/mol. The van der Waals surface area contributed by atoms with Crippen LogP contribution in [-0.2, 0) is 12.3 Å². The fraction of sp³-hybridized carbons (Fsp3) is 0.571. The van der Waals surface area contributed by atoms with E-state index in [0.29, 0.717) is 6.54 Å². The minimum Gasteiger partial charge on any atom is -0.343 e. The molecule has 7 nitrogen and oxygen atoms in total. The van der Waals surface area contributed by atoms with Gasteiger partial charge in [-0.05, 0) is 14.1 Å². The van der Waals surface area contributed by atoms with Gasteiger partial charge in [0.15, 0.2) is 5.84 Å². The van der Waals surface area contributed by atoms with E-state index < -0.39 is 11.5 Å². The highest BCUT2D eigenvalue weighted by Crippen LogP contribution is 2.16. The van der Waals surface area contributed by atoms with E-state index in [9.17, 15) is 10.1 Å². The van der Waals surface area contributed by atoms with Crippen molar-refractivity contribution in [2.75, 3.05) is 39.5 Å². The predicted octanol–water partition coefficient (Wildman–Crippen LogP) is 1.63. The van der Waals surface area contributed by atoms with Gasteiger partial charge in [0.05, 0.1) is 12.2 Å². The van der Waals surface area contributed by atoms with E-state index in [1.54, 1.807) is 28.0 Å². The third-order valence-electron chi connectivity index (χ3n) is 2.75. The van der Waals surface area contributed by atoms with Crippen molar-refractivity contribution < 1.29 is 4.92 Å². The Morgan fingerprint density at radius 3 is 2.96 bits per heavy atom. The summed E-state index contributed by atoms with van der Waals surface area (Å²) >= 11 is 3.33. The number of nitrogens with zero attached hydrogens (tertiary/aromatic N) is 4. The molecular formula is C14H21N5O2S2. The van der Waals surface area contributed by atoms with Gasteiger partial charge in [0.2, 0.25) is 0 Å². The lowest BCUT2D eigenvalue weighted by Crippen LogP contribution is -2.37. The quantitative estimate of drug-likeness (QED) is 0.171. The van der Waals surface area contributed by atoms with Crippen LogP contribution in [0.25, 0.3) is 0 Å². The molecule has 0 saturated heterocycles. The molecule has 9 heteroatoms. The molecule has 23 heavy (non-hydrogen) atoms. The van der Waals surface area contributed by atoms with Crippen LogP contribution in [0.2, 0.25) is 0 Å². The van der Waals surface area contributed by atoms with Crippen molar-refractivity contribution in [3.8, 4) is 12.3 Å². The molecule has 0 spiro atoms. The number of terminal acetylenes is 1. The molecule has 0 aliphatic carbocycles. The summed E-state index contributed by atoms with van der Waals surface area (Å²) in [4.78, 5) is 18.2. The molecule has 0 saturated carbocycles. The second kappa shape index (κ2) is 10.2. The number of hydrogen-bond donors (Lipinski definition) is 1. The Morgan fingerprint density at radius 2 is 2.35 bits per heavy atom. The largest absolute Gasteiger partial charge is 0.343 e. The van der Waals surface area contributed by atoms with Gasteiger partial charge < -0.3 is 9.80 Å². The molecule has 0 atom stereocenters. The Balaban J connectivity index is 2.36. The fourth-order valence-corrected chi connectivity index (χ4v) is 3.62. The van der Waals surface area contributed by atoms with Crippen molar-refractivity contribution in [1.29, 1.82) is 5.41 Å². The van der Waals surface area contributed by atoms with Crippen LogP contribution < -0.4 is 0 Å². The third kappa shape index (κ3) is 7.97. The number of nitro groups is 1. The van der Waals surface area contributed by atoms with Gasteiger partial charge in [-0.1, -0.05) is 5.92 Å². The lowest BCUT2D eigenvalue weighted by molar-refractivity contribution is -0.464. The molecule has 1 aromatic rings. The maximum Gasteiger partial charge on any atom is 0.259 e. The van der Waals surface area contributed by atoms with Gasteiger partial charge in [-0.15, -0.1) is 17.8 Å². The zero-order valence-corrected chi connectivity index (χ0v) is 15.0. The topological polar surface area (TPSA) is 86.4 Å². The second-order valence-corrected chi connectivity index (χ2v) is 7.13. The summed E-state index contributed by atoms with van der Waals surface area (Å²) in [6.45, 7) is 1.09. The number of thioether (sulfide) groups is 1. The molecule has 1 aromatic heterocycles. The Bertz CT molecular complexity index is 568. The lowest BCUT2D eigenvalue weighted by Gasteiger charge is -2.20. The highest BCUT2D eigenvalue weighted by Gasteiger charge is 2.13. The van der Waals surface area contributed by atoms with Crippen molar-refractivity contribution in [2.24, 2.45) is 0 Å². The molecule has 1 rings (SSSR count). The minimum atomic E-state index is -0.513. The van der Waals surface area contributed by atoms with Crippen LogP contribution in [0.3, 0.4) is 0 Å². The third-order valence-corrected chi connectivity index (χ3v) is 4.60. The number of rotatable bonds is 10. The Kier molecular flexibility index (Phi) is 8.61. The highest BCUT2D eigenvalue weighted by molar-refractivity contribution is 7.98. The molecule has 0 amide bonds. The number of amidine groups is 1. The maximum atomic E-state index is 10.5. The minimum absolute atomic E-state index is 0.0459. The van der Waals surface area contributed by atoms with E-state index in [1.807, 2.05) is 14.1 Å². The summed E-state index contributed by atoms with van der Waals surface area (Å²) in [5.74, 6) is 3.92. The monoisotopic (exact) mass is 355 g/mol. The maximum absolute atomic E-state index is 10.5. The highest BCUT2D eigenvalue weighted by atomic mass is 32.2. The summed E-state index contributed by atoms with van der Waals surface area (Å²) in [6, 6.07) is 0. The zero-order valence-electron chi connectivity index (χ0n) is 13.3. The lowest BCUT2D eigenvalue weighted by atomic mass is 10.4. The molecule has 0 fully saturated rings. The first-order valence-corrected chi connectivity index (χ1v) is 8.99. The van der Waals surface area contributed by atoms with Crippen LogP contribution >= 0.6 is 23.1 Å². The van der Waals surface area contributed by atoms with Crippen molar-refractivity contribution in [2.45, 2.75) is 12.3 Å². The summed E-state index contributed by atoms with van der Waals surface area (Å²) in [5, 5.41) is 21.3. The Morgan fingerprint density at radius 1 is 1.61 bits per heavy atom. The molecule has 1 heterocycles. The van der Waals surface area contributed by atoms with E-state index in [0.717, 1.165) is 28.8 Å². The molecule has 1 N–H and O–H groups in total. The number of aromatic nitrogens is 1. The van der Waals surface area contributed by atoms with Crippen LogP contribution in [0.1, 0.15) is 10.7 Å². The zero-order chi connectivity index (χ0) is 17.2. The average molecular weight is 355 g/mol. The van der Waals surface area contributed by atoms with E-state index in [4.69, 9.17) is 11.8 Å². The first-order valence-electron chi connectivity index (χ1n) is 6.95. The van der Waals surface area contributed by atoms with Crippen LogP contribution in [0.15, 0.2) is 5.38 Å². The van der Waals surface area contributed by atoms with E-state index in [2.05, 4.69) is 21.2 Å². The van der Waals surface area contributed by atoms with Gasteiger partial charge in [0.1, 0.15) is 5.01 Å². The summed E-state index contributed by atoms with van der Waals surface area (Å²) in [7, 11) is 4.02. The van der Waals surface area contributed by atoms with Gasteiger partial charge in [0.25, 0.3) is 6.54 Å². The SMILES string of the molecule is C#CCN(CCSCc1csc(CN(C)C)n1)C(=N)C[N+](=O)[O-]. The molecule has 0 bridgehead atoms. The molecule has 0 aromatic carbocycles. The smallest absolute Gasteiger partial charge is 0.259 e. The van der Waals surface area contributed by atoms with Gasteiger partial charge in [-0.3, -0.25) is 15.5 Å². The average Bonchev–Trinajstić information content (AvgIpc) is 2.88. The van der Waals surface area contributed by atoms with Gasteiger partial charge >= 0.3 is 0 Å². The van der Waals surface area contributed by atoms with Crippen molar-refractivity contribution >= 4 is 28.9 Å². The Hall–Kier alpha value is -1.63. The number of nitrogens with one attached hydrogen (secondary N) is 1. The van der Waals surface area contributed by atoms with Crippen molar-refractivity contribution in [3.63, 3.8) is 0 Å². The fourth-order valence-electron chi connectivity index (χ4n) is 1.75. The number of hydrogen-bond acceptors (Lipinski definition) is 7. The van der Waals surface area contributed by atoms with E-state index >= 15 is 0 Å². The van der Waals surface area contributed by atoms with Gasteiger partial charge in [-0.2, -0.15) is 11.8 Å². The normalized spacial score (nSPS) is 10.5. The molecule has 0 aliphatic rings. The molecule has 126 valence electrons. The van der Waals surface area contributed by atoms with Gasteiger partial charge in [0, 0.05) is 34.9 Å². The molecular weight excluding hydrogens is 334 g/mol. The van der Waals surface area contributed by atoms with Crippen LogP contribution in [0, 0.1) is 27.9 Å². The van der Waals surface area contributed by atoms with Crippen molar-refractivity contribution in [1.82, 2.24) is 14.8 Å². The second-order valence-electron chi connectivity index (χ2n) is 5.09. The van der Waals surface area contributed by atoms with E-state index in [-0.39, 0.29) is 12.4 Å². The standard InChI is InChI=1S/C14H21N5O2S2/c1-4-5-18(13(15)8-19(20)21)6-7-22-10-12-11-23-14(16-12)9-17(2)3/h1,11,15H,5-10H2,2-3H3. The first kappa shape index (κ1) is 19.4. The van der Waals surface area contributed by atoms with Crippen molar-refractivity contribution in [3.05, 3.63) is 26.2 Å². The molecule has 0 radical (unpaired) electrons. The van der Waals surface area contributed by atoms with Crippen LogP contribution in [0.5, 0.6) is 0 Å². The summed E-state index contributed by atoms with van der Waals surface area (Å²) in [5.41, 5.74) is 1.04. The van der Waals surface area contributed by atoms with Crippen LogP contribution in [0.4, 0.5) is 0 Å². The van der Waals surface area contributed by atoms with Gasteiger partial charge in [-0.25, -0.2) is 4.98 Å². The molecule has 0 unspecified atom stereocenters. The first-order chi connectivity index (χ1) is 10.9. The Labute approximate surface area is 144 Å². The molecule has 0 aliphatic heterocycles.